The maximum atomic E-state index is 13.6. The number of hydrogen-bond donors (Lipinski definition) is 4. The number of alkyl halides is 3. The molecule has 0 spiro atoms. The number of aromatic nitrogens is 2. The van der Waals surface area contributed by atoms with Gasteiger partial charge in [-0.05, 0) is 70.2 Å². The lowest BCUT2D eigenvalue weighted by molar-refractivity contribution is -0.137. The molecule has 0 unspecified atom stereocenters. The predicted octanol–water partition coefficient (Wildman–Crippen LogP) is 6.62. The molecule has 4 N–H and O–H groups in total. The Bertz CT molecular complexity index is 976. The van der Waals surface area contributed by atoms with Crippen LogP contribution in [0.1, 0.15) is 33.3 Å². The first kappa shape index (κ1) is 23.2. The van der Waals surface area contributed by atoms with E-state index in [-0.39, 0.29) is 23.5 Å². The van der Waals surface area contributed by atoms with Gasteiger partial charge in [-0.3, -0.25) is 0 Å². The summed E-state index contributed by atoms with van der Waals surface area (Å²) in [6, 6.07) is 11.1. The molecule has 0 aliphatic heterocycles. The fraction of sp³-hybridized carbons (Fsp3) is 0.304. The van der Waals surface area contributed by atoms with Crippen molar-refractivity contribution in [1.29, 1.82) is 0 Å². The molecule has 2 aromatic heterocycles. The zero-order valence-corrected chi connectivity index (χ0v) is 18.4. The first-order chi connectivity index (χ1) is 15.1. The lowest BCUT2D eigenvalue weighted by Crippen LogP contribution is -2.13. The van der Waals surface area contributed by atoms with E-state index in [0.717, 1.165) is 12.1 Å². The Morgan fingerprint density at radius 3 is 1.53 bits per heavy atom. The molecule has 9 heteroatoms. The van der Waals surface area contributed by atoms with Gasteiger partial charge in [0.15, 0.2) is 11.6 Å². The van der Waals surface area contributed by atoms with Crippen molar-refractivity contribution in [3.63, 3.8) is 0 Å². The smallest absolute Gasteiger partial charge is 0.380 e. The van der Waals surface area contributed by atoms with Crippen LogP contribution in [0.2, 0.25) is 0 Å². The van der Waals surface area contributed by atoms with Crippen molar-refractivity contribution in [3.05, 3.63) is 60.4 Å². The van der Waals surface area contributed by atoms with Crippen LogP contribution in [-0.2, 0) is 6.18 Å². The first-order valence-electron chi connectivity index (χ1n) is 10.3. The van der Waals surface area contributed by atoms with Crippen LogP contribution in [0.15, 0.2) is 54.9 Å². The molecule has 170 valence electrons. The van der Waals surface area contributed by atoms with Gasteiger partial charge >= 0.3 is 6.18 Å². The van der Waals surface area contributed by atoms with Crippen molar-refractivity contribution in [3.8, 4) is 0 Å². The maximum Gasteiger partial charge on any atom is 0.416 e. The fourth-order valence-electron chi connectivity index (χ4n) is 3.07. The summed E-state index contributed by atoms with van der Waals surface area (Å²) < 4.78 is 40.8. The molecule has 2 heterocycles. The molecule has 32 heavy (non-hydrogen) atoms. The minimum absolute atomic E-state index is 0.134. The summed E-state index contributed by atoms with van der Waals surface area (Å²) in [7, 11) is 0. The summed E-state index contributed by atoms with van der Waals surface area (Å²) in [6.07, 6.45) is -1.35. The molecule has 0 saturated carbocycles. The van der Waals surface area contributed by atoms with Crippen LogP contribution in [0.25, 0.3) is 0 Å². The highest BCUT2D eigenvalue weighted by Gasteiger charge is 2.31. The second-order valence-electron chi connectivity index (χ2n) is 7.94. The zero-order valence-electron chi connectivity index (χ0n) is 18.4. The van der Waals surface area contributed by atoms with E-state index in [2.05, 4.69) is 31.2 Å². The van der Waals surface area contributed by atoms with Crippen molar-refractivity contribution < 1.29 is 13.2 Å². The predicted molar refractivity (Wildman–Crippen MR) is 124 cm³/mol. The topological polar surface area (TPSA) is 73.9 Å². The number of anilines is 6. The van der Waals surface area contributed by atoms with E-state index in [1.54, 1.807) is 30.6 Å². The van der Waals surface area contributed by atoms with Crippen LogP contribution in [0.4, 0.5) is 47.6 Å². The average molecular weight is 445 g/mol. The minimum Gasteiger partial charge on any atom is -0.380 e. The van der Waals surface area contributed by atoms with Crippen LogP contribution in [-0.4, -0.2) is 22.1 Å². The van der Waals surface area contributed by atoms with Gasteiger partial charge in [0.25, 0.3) is 0 Å². The molecule has 0 radical (unpaired) electrons. The van der Waals surface area contributed by atoms with Gasteiger partial charge in [0.1, 0.15) is 0 Å². The number of hydrogen-bond acceptors (Lipinski definition) is 6. The fourth-order valence-corrected chi connectivity index (χ4v) is 3.07. The van der Waals surface area contributed by atoms with Crippen LogP contribution in [0.5, 0.6) is 0 Å². The van der Waals surface area contributed by atoms with E-state index in [1.165, 1.54) is 0 Å². The van der Waals surface area contributed by atoms with Gasteiger partial charge in [0.2, 0.25) is 0 Å². The highest BCUT2D eigenvalue weighted by atomic mass is 19.4. The van der Waals surface area contributed by atoms with Crippen molar-refractivity contribution in [2.75, 3.05) is 21.3 Å². The van der Waals surface area contributed by atoms with Gasteiger partial charge in [-0.25, -0.2) is 9.97 Å². The SMILES string of the molecule is CC(C)Nc1cccnc1Nc1cc(Nc2ncccc2NC(C)C)cc(C(F)(F)F)c1. The Hall–Kier alpha value is -3.49. The summed E-state index contributed by atoms with van der Waals surface area (Å²) in [5, 5.41) is 12.5. The molecule has 0 atom stereocenters. The van der Waals surface area contributed by atoms with Gasteiger partial charge < -0.3 is 21.3 Å². The molecule has 0 aliphatic carbocycles. The number of rotatable bonds is 8. The highest BCUT2D eigenvalue weighted by Crippen LogP contribution is 2.36. The Morgan fingerprint density at radius 2 is 1.16 bits per heavy atom. The van der Waals surface area contributed by atoms with Crippen LogP contribution >= 0.6 is 0 Å². The Labute approximate surface area is 185 Å². The lowest BCUT2D eigenvalue weighted by Gasteiger charge is -2.18. The summed E-state index contributed by atoms with van der Waals surface area (Å²) in [4.78, 5) is 8.56. The number of benzene rings is 1. The molecule has 0 amide bonds. The van der Waals surface area contributed by atoms with E-state index < -0.39 is 11.7 Å². The number of pyridine rings is 2. The Morgan fingerprint density at radius 1 is 0.719 bits per heavy atom. The van der Waals surface area contributed by atoms with E-state index in [4.69, 9.17) is 0 Å². The largest absolute Gasteiger partial charge is 0.416 e. The summed E-state index contributed by atoms with van der Waals surface area (Å²) in [5.74, 6) is 0.873. The number of halogens is 3. The standard InChI is InChI=1S/C23H27F3N6/c1-14(2)29-19-7-5-9-27-21(19)31-17-11-16(23(24,25)26)12-18(13-17)32-22-20(30-15(3)4)8-6-10-28-22/h5-15,29-30H,1-4H3,(H,27,31)(H,28,32). The number of nitrogens with zero attached hydrogens (tertiary/aromatic N) is 2. The van der Waals surface area contributed by atoms with Crippen molar-refractivity contribution in [2.24, 2.45) is 0 Å². The van der Waals surface area contributed by atoms with Crippen molar-refractivity contribution in [2.45, 2.75) is 46.0 Å². The molecule has 0 saturated heterocycles. The quantitative estimate of drug-likeness (QED) is 0.313. The molecule has 3 rings (SSSR count). The van der Waals surface area contributed by atoms with E-state index in [9.17, 15) is 13.2 Å². The van der Waals surface area contributed by atoms with Crippen molar-refractivity contribution in [1.82, 2.24) is 9.97 Å². The molecule has 1 aromatic carbocycles. The summed E-state index contributed by atoms with van der Waals surface area (Å²) >= 11 is 0. The molecule has 0 aliphatic rings. The highest BCUT2D eigenvalue weighted by molar-refractivity contribution is 5.76. The van der Waals surface area contributed by atoms with Crippen LogP contribution in [0.3, 0.4) is 0 Å². The third-order valence-corrected chi connectivity index (χ3v) is 4.29. The van der Waals surface area contributed by atoms with Gasteiger partial charge in [-0.2, -0.15) is 13.2 Å². The number of nitrogens with one attached hydrogen (secondary N) is 4. The molecule has 0 fully saturated rings. The normalized spacial score (nSPS) is 11.5. The van der Waals surface area contributed by atoms with Gasteiger partial charge in [-0.1, -0.05) is 0 Å². The average Bonchev–Trinajstić information content (AvgIpc) is 2.69. The van der Waals surface area contributed by atoms with Gasteiger partial charge in [0, 0.05) is 35.9 Å². The van der Waals surface area contributed by atoms with E-state index in [1.807, 2.05) is 39.8 Å². The molecular weight excluding hydrogens is 417 g/mol. The van der Waals surface area contributed by atoms with Gasteiger partial charge in [0.05, 0.1) is 16.9 Å². The Balaban J connectivity index is 1.97. The monoisotopic (exact) mass is 444 g/mol. The van der Waals surface area contributed by atoms with Crippen molar-refractivity contribution >= 4 is 34.4 Å². The first-order valence-corrected chi connectivity index (χ1v) is 10.3. The van der Waals surface area contributed by atoms with Crippen LogP contribution in [0, 0.1) is 0 Å². The Kier molecular flexibility index (Phi) is 7.07. The third kappa shape index (κ3) is 6.26. The zero-order chi connectivity index (χ0) is 23.3. The van der Waals surface area contributed by atoms with E-state index in [0.29, 0.717) is 23.0 Å². The molecular formula is C23H27F3N6. The second kappa shape index (κ2) is 9.76. The maximum absolute atomic E-state index is 13.6. The molecule has 3 aromatic rings. The van der Waals surface area contributed by atoms with Crippen LogP contribution < -0.4 is 21.3 Å². The minimum atomic E-state index is -4.51. The molecule has 6 nitrogen and oxygen atoms in total. The van der Waals surface area contributed by atoms with Gasteiger partial charge in [-0.15, -0.1) is 0 Å². The van der Waals surface area contributed by atoms with E-state index >= 15 is 0 Å². The summed E-state index contributed by atoms with van der Waals surface area (Å²) in [6.45, 7) is 7.88. The summed E-state index contributed by atoms with van der Waals surface area (Å²) in [5.41, 5.74) is 1.11. The molecule has 0 bridgehead atoms. The lowest BCUT2D eigenvalue weighted by atomic mass is 10.1. The third-order valence-electron chi connectivity index (χ3n) is 4.29. The second-order valence-corrected chi connectivity index (χ2v) is 7.94.